The van der Waals surface area contributed by atoms with Crippen LogP contribution >= 0.6 is 0 Å². The Morgan fingerprint density at radius 3 is 0.596 bits per heavy atom. The van der Waals surface area contributed by atoms with Crippen molar-refractivity contribution >= 4 is 47.8 Å². The number of carbonyl (C=O) groups is 8. The molecule has 0 aliphatic heterocycles. The predicted octanol–water partition coefficient (Wildman–Crippen LogP) is 19.2. The van der Waals surface area contributed by atoms with E-state index in [1.807, 2.05) is 0 Å². The van der Waals surface area contributed by atoms with Crippen molar-refractivity contribution in [2.45, 2.75) is 204 Å². The lowest BCUT2D eigenvalue weighted by atomic mass is 9.49. The minimum atomic E-state index is -1.19. The lowest BCUT2D eigenvalue weighted by molar-refractivity contribution is -0.182. The van der Waals surface area contributed by atoms with Crippen LogP contribution in [-0.4, -0.2) is 147 Å². The van der Waals surface area contributed by atoms with E-state index in [1.54, 1.807) is 72.8 Å². The molecule has 8 aromatic rings. The number of phenolic OH excluding ortho intramolecular Hbond substituents is 4. The van der Waals surface area contributed by atoms with Crippen LogP contribution in [0, 0.1) is 92.7 Å². The molecule has 0 saturated heterocycles. The summed E-state index contributed by atoms with van der Waals surface area (Å²) in [6, 6.07) is 38.3. The second-order valence-corrected chi connectivity index (χ2v) is 44.1. The molecule has 0 aromatic heterocycles. The van der Waals surface area contributed by atoms with E-state index in [0.717, 1.165) is 103 Å². The Morgan fingerprint density at radius 1 is 0.257 bits per heavy atom. The molecule has 712 valence electrons. The first kappa shape index (κ1) is 90.4. The van der Waals surface area contributed by atoms with Gasteiger partial charge in [0.1, 0.15) is 70.4 Å². The summed E-state index contributed by atoms with van der Waals surface area (Å²) < 4.78 is 73.2. The lowest BCUT2D eigenvalue weighted by Gasteiger charge is -2.58. The summed E-state index contributed by atoms with van der Waals surface area (Å²) in [5.74, 6) is -7.04. The monoisotopic (exact) mass is 1850 g/mol. The Balaban J connectivity index is 0.679. The van der Waals surface area contributed by atoms with E-state index in [-0.39, 0.29) is 184 Å². The van der Waals surface area contributed by atoms with E-state index < -0.39 is 97.9 Å². The molecule has 12 unspecified atom stereocenters. The first-order valence-corrected chi connectivity index (χ1v) is 48.8. The number of ether oxygens (including phenoxy) is 12. The molecule has 17 aliphatic rings. The largest absolute Gasteiger partial charge is 0.507 e. The van der Waals surface area contributed by atoms with Gasteiger partial charge < -0.3 is 77.3 Å². The molecule has 12 atom stereocenters. The Labute approximate surface area is 791 Å². The van der Waals surface area contributed by atoms with Gasteiger partial charge in [-0.05, 0) is 316 Å². The number of rotatable bonds is 24. The summed E-state index contributed by atoms with van der Waals surface area (Å²) in [7, 11) is 5.69. The summed E-state index contributed by atoms with van der Waals surface area (Å²) in [6.07, 6.45) is 19.7. The van der Waals surface area contributed by atoms with Gasteiger partial charge in [0.15, 0.2) is 26.4 Å². The van der Waals surface area contributed by atoms with E-state index >= 15 is 0 Å². The fraction of sp³-hybridized carbons (Fsp3) is 0.500. The van der Waals surface area contributed by atoms with Crippen LogP contribution in [0.1, 0.15) is 288 Å². The predicted molar refractivity (Wildman–Crippen MR) is 495 cm³/mol. The average molecular weight is 1850 g/mol. The third-order valence-corrected chi connectivity index (χ3v) is 34.2. The number of benzene rings is 8. The molecule has 0 radical (unpaired) electrons. The molecule has 16 saturated carbocycles. The quantitative estimate of drug-likeness (QED) is 0.0322. The van der Waals surface area contributed by atoms with Crippen LogP contribution in [0.3, 0.4) is 0 Å². The number of fused-ring (bicyclic) bond motifs is 8. The number of methoxy groups -OCH3 is 4. The summed E-state index contributed by atoms with van der Waals surface area (Å²) >= 11 is 0. The number of hydrogen-bond donors (Lipinski definition) is 4. The molecule has 16 fully saturated rings. The van der Waals surface area contributed by atoms with Gasteiger partial charge in [0.25, 0.3) is 0 Å². The van der Waals surface area contributed by atoms with Crippen molar-refractivity contribution in [2.75, 3.05) is 54.9 Å². The van der Waals surface area contributed by atoms with E-state index in [2.05, 4.69) is 27.7 Å². The van der Waals surface area contributed by atoms with Crippen molar-refractivity contribution in [2.24, 2.45) is 92.7 Å². The minimum Gasteiger partial charge on any atom is -0.507 e. The SMILES string of the molecule is COc1cc(O)c2cc1C(c1ccc(C(=O)OCC(=O)OC3C4CC5CC3CC(C)(C5)C4)cc1)c1cc(c(OC)cc1O)C(c1ccc(C(=O)OCC(=O)OC3C4CC5CC3CC(C)(C5)C4)cc1)c1cc(c(OC)cc1O)C(c1ccc(C(=O)OCC(=O)OC3C4CC5CC3CC(C)(C5)C4)cc1)c1cc(c(OC)cc1O)C2c1ccc(C(=O)OCC(=O)OC2C3CC4CC2CC(C)(C4)C3)cc1. The smallest absolute Gasteiger partial charge is 0.344 e. The zero-order valence-electron chi connectivity index (χ0n) is 78.3. The summed E-state index contributed by atoms with van der Waals surface area (Å²) in [5.41, 5.74) is 4.82. The first-order valence-electron chi connectivity index (χ1n) is 48.8. The molecular weight excluding hydrogens is 1730 g/mol. The van der Waals surface area contributed by atoms with E-state index in [9.17, 15) is 58.8 Å². The van der Waals surface area contributed by atoms with Crippen LogP contribution in [0.2, 0.25) is 0 Å². The third-order valence-electron chi connectivity index (χ3n) is 34.2. The second-order valence-electron chi connectivity index (χ2n) is 44.1. The van der Waals surface area contributed by atoms with Crippen LogP contribution in [0.5, 0.6) is 46.0 Å². The van der Waals surface area contributed by atoms with Crippen molar-refractivity contribution < 1.29 is 116 Å². The number of aromatic hydroxyl groups is 4. The standard InChI is InChI=1S/C112H120O24/c1-109-41-57-25-69(45-109)101(70(26-57)46-109)133-93(117)53-129-105(121)65-17-9-61(10-18-65)97-77-33-82(90(126-6)37-85(77)113)99(63-13-21-67(22-14-63)107(123)131-55-95(119)135-103-73-29-59-30-74(103)50-111(3,43-59)49-73)79-35-84(92(128-8)39-87(79)115)100(64-15-23-68(24-16-64)108(124)132-56-96(120)136-104-75-31-60-32-76(104)52-112(4,44-60)51-75)80-36-83(91(127-7)40-88(80)116)98(78-34-81(97)89(125-5)38-86(78)114)62-11-19-66(20-12-62)106(122)130-54-94(118)134-102-71-27-58-28-72(102)48-110(2,42-58)47-71/h9-24,33-40,57-60,69-76,97-104,113-116H,25-32,41-56H2,1-8H3. The molecule has 24 heteroatoms. The second kappa shape index (κ2) is 35.2. The van der Waals surface area contributed by atoms with Gasteiger partial charge in [-0.3, -0.25) is 0 Å². The Bertz CT molecular complexity index is 5280. The van der Waals surface area contributed by atoms with Crippen molar-refractivity contribution in [3.63, 3.8) is 0 Å². The highest BCUT2D eigenvalue weighted by atomic mass is 16.6. The van der Waals surface area contributed by atoms with Gasteiger partial charge in [0.05, 0.1) is 50.7 Å². The number of phenols is 4. The van der Waals surface area contributed by atoms with Crippen LogP contribution in [0.25, 0.3) is 0 Å². The molecule has 0 spiro atoms. The van der Waals surface area contributed by atoms with Crippen molar-refractivity contribution in [3.8, 4) is 46.0 Å². The van der Waals surface area contributed by atoms with Gasteiger partial charge >= 0.3 is 47.8 Å². The van der Waals surface area contributed by atoms with Crippen LogP contribution in [0.4, 0.5) is 0 Å². The van der Waals surface area contributed by atoms with Gasteiger partial charge in [0.2, 0.25) is 0 Å². The highest BCUT2D eigenvalue weighted by Gasteiger charge is 2.59. The number of esters is 8. The summed E-state index contributed by atoms with van der Waals surface area (Å²) in [5, 5.41) is 52.9. The Kier molecular flexibility index (Phi) is 23.4. The molecule has 25 rings (SSSR count). The highest BCUT2D eigenvalue weighted by molar-refractivity contribution is 5.93. The van der Waals surface area contributed by atoms with Gasteiger partial charge in [-0.2, -0.15) is 0 Å². The maximum absolute atomic E-state index is 14.4. The minimum absolute atomic E-state index is 0.0670. The van der Waals surface area contributed by atoms with Gasteiger partial charge in [-0.1, -0.05) is 76.2 Å². The van der Waals surface area contributed by atoms with Crippen molar-refractivity contribution in [1.29, 1.82) is 0 Å². The third kappa shape index (κ3) is 17.0. The fourth-order valence-electron chi connectivity index (χ4n) is 30.2. The van der Waals surface area contributed by atoms with E-state index in [1.165, 1.54) is 127 Å². The summed E-state index contributed by atoms with van der Waals surface area (Å²) in [6.45, 7) is 6.83. The highest BCUT2D eigenvalue weighted by Crippen LogP contribution is 2.66. The van der Waals surface area contributed by atoms with Gasteiger partial charge in [-0.15, -0.1) is 0 Å². The fourth-order valence-corrected chi connectivity index (χ4v) is 30.2. The number of hydrogen-bond acceptors (Lipinski definition) is 24. The van der Waals surface area contributed by atoms with Gasteiger partial charge in [0, 0.05) is 92.4 Å². The Hall–Kier alpha value is -12.1. The summed E-state index contributed by atoms with van der Waals surface area (Å²) in [4.78, 5) is 113. The van der Waals surface area contributed by atoms with E-state index in [0.29, 0.717) is 68.2 Å². The average Bonchev–Trinajstić information content (AvgIpc) is 0.670. The van der Waals surface area contributed by atoms with Crippen molar-refractivity contribution in [3.05, 3.63) is 235 Å². The lowest BCUT2D eigenvalue weighted by Crippen LogP contribution is -2.54. The Morgan fingerprint density at radius 2 is 0.434 bits per heavy atom. The maximum atomic E-state index is 14.4. The molecule has 136 heavy (non-hydrogen) atoms. The molecule has 4 N–H and O–H groups in total. The zero-order chi connectivity index (χ0) is 94.4. The zero-order valence-corrected chi connectivity index (χ0v) is 78.3. The van der Waals surface area contributed by atoms with E-state index in [4.69, 9.17) is 56.8 Å². The maximum Gasteiger partial charge on any atom is 0.344 e. The van der Waals surface area contributed by atoms with Crippen LogP contribution in [0.15, 0.2) is 146 Å². The van der Waals surface area contributed by atoms with Gasteiger partial charge in [-0.25, -0.2) is 38.4 Å². The van der Waals surface area contributed by atoms with Crippen LogP contribution < -0.4 is 18.9 Å². The molecule has 24 nitrogen and oxygen atoms in total. The number of carbonyl (C=O) groups excluding carboxylic acids is 8. The molecule has 0 heterocycles. The molecule has 8 aromatic carbocycles. The van der Waals surface area contributed by atoms with Crippen LogP contribution in [-0.2, 0) is 57.1 Å². The molecular formula is C112H120O24. The molecule has 17 aliphatic carbocycles. The van der Waals surface area contributed by atoms with Crippen molar-refractivity contribution in [1.82, 2.24) is 0 Å². The molecule has 0 amide bonds. The first-order chi connectivity index (χ1) is 65.3. The molecule has 24 bridgehead atoms. The topological polar surface area (TPSA) is 328 Å². The normalized spacial score (nSPS) is 32.1.